The maximum atomic E-state index is 13.5. The Hall–Kier alpha value is -15.4. The number of non-ortho nitro benzene ring substituents is 1. The first-order valence-electron chi connectivity index (χ1n) is 38.3. The molecule has 0 aliphatic rings. The predicted octanol–water partition coefficient (Wildman–Crippen LogP) is 25.2. The molecular weight excluding hydrogens is 1560 g/mol. The number of nitro benzene ring substituents is 1. The third-order valence-electron chi connectivity index (χ3n) is 20.8. The maximum Gasteiger partial charge on any atom is 0.270 e. The van der Waals surface area contributed by atoms with Gasteiger partial charge in [-0.2, -0.15) is 0 Å². The van der Waals surface area contributed by atoms with Gasteiger partial charge in [-0.1, -0.05) is 185 Å². The third-order valence-corrected chi connectivity index (χ3v) is 21.3. The van der Waals surface area contributed by atoms with Crippen LogP contribution in [0.3, 0.4) is 0 Å². The SMILES string of the molecule is CC(=O)c1ccc2c(-c3nc(-c4ccccc4)c(-c4ccccc4)[nH]3)c[nH]c2c1.COc1cccc(-c2[nH]c(-c3c[nH]c4ccc(Br)cc34)nc2-c2cccc(C)c2)c1.Cc1[nH]c2ccc(N)cc2c1-c1nc(-c2ccccc2)c(-c2ccc(F)cc2)[nH]1.Cc1[nH]c2ccc([N+](=O)[O-])cc2c1-c1nc(-c2ccccc2)c(-c2ccc(F)cc2)[nH]1. The lowest BCUT2D eigenvalue weighted by atomic mass is 10.0. The fourth-order valence-corrected chi connectivity index (χ4v) is 15.4. The number of nitrogen functional groups attached to an aromatic ring is 1. The number of aromatic amines is 8. The van der Waals surface area contributed by atoms with Crippen molar-refractivity contribution in [1.82, 2.24) is 59.8 Å². The summed E-state index contributed by atoms with van der Waals surface area (Å²) in [6, 6.07) is 91.7. The number of rotatable bonds is 15. The zero-order valence-corrected chi connectivity index (χ0v) is 66.5. The van der Waals surface area contributed by atoms with E-state index in [1.165, 1.54) is 35.9 Å². The van der Waals surface area contributed by atoms with Crippen molar-refractivity contribution in [3.05, 3.63) is 352 Å². The predicted molar refractivity (Wildman–Crippen MR) is 476 cm³/mol. The number of nitrogens with one attached hydrogen (secondary N) is 8. The van der Waals surface area contributed by atoms with Crippen LogP contribution in [0, 0.1) is 42.5 Å². The summed E-state index contributed by atoms with van der Waals surface area (Å²) in [7, 11) is 1.68. The van der Waals surface area contributed by atoms with Crippen LogP contribution < -0.4 is 10.5 Å². The van der Waals surface area contributed by atoms with E-state index in [2.05, 4.69) is 129 Å². The number of nitro groups is 1. The van der Waals surface area contributed by atoms with Crippen molar-refractivity contribution in [2.45, 2.75) is 27.7 Å². The van der Waals surface area contributed by atoms with Crippen LogP contribution >= 0.6 is 15.9 Å². The molecule has 0 amide bonds. The molecule has 0 aliphatic heterocycles. The Morgan fingerprint density at radius 3 is 1.36 bits per heavy atom. The molecule has 0 fully saturated rings. The largest absolute Gasteiger partial charge is 0.497 e. The summed E-state index contributed by atoms with van der Waals surface area (Å²) in [6.45, 7) is 7.60. The van der Waals surface area contributed by atoms with E-state index in [1.54, 1.807) is 50.4 Å². The van der Waals surface area contributed by atoms with Gasteiger partial charge in [0.25, 0.3) is 5.69 Å². The van der Waals surface area contributed by atoms with E-state index in [0.717, 1.165) is 190 Å². The number of carbonyl (C=O) groups excluding carboxylic acids is 1. The standard InChI is InChI=1S/C25H20BrN3O.C25H19N3O.C24H17FN4O2.C24H19FN4/c1-15-5-3-6-16(11-15)23-24(17-7-4-8-19(12-17)30-2)29-25(28-23)21-14-27-22-10-9-18(26)13-20(21)22;1-16(29)19-12-13-20-21(15-26-22(20)14-19)25-27-23(17-8-4-2-5-9-17)24(28-25)18-10-6-3-7-11-18;1-14-21(19-13-18(29(30)31)11-12-20(19)26-14)24-27-22(15-5-3-2-4-6-15)23(28-24)16-7-9-17(25)10-8-16;1-14-21(19-13-18(26)11-12-20(19)27-14)24-28-22(15-5-3-2-4-6-15)23(29-24)16-7-9-17(25)10-8-16/h3-14,27H,1-2H3,(H,28,29);2-15,26H,1H3,(H,27,28);2-13,26H,1H3,(H,27,28);2-13,27H,26H2,1H3,(H,28,29). The van der Waals surface area contributed by atoms with E-state index in [1.807, 2.05) is 184 Å². The number of hydrogen-bond acceptors (Lipinski definition) is 9. The number of ketones is 1. The molecule has 0 radical (unpaired) electrons. The third kappa shape index (κ3) is 15.8. The van der Waals surface area contributed by atoms with E-state index < -0.39 is 4.92 Å². The molecule has 12 aromatic carbocycles. The van der Waals surface area contributed by atoms with Crippen LogP contribution in [0.2, 0.25) is 0 Å². The monoisotopic (exact) mass is 1630 g/mol. The number of H-pyrrole nitrogens is 8. The van der Waals surface area contributed by atoms with Gasteiger partial charge in [-0.15, -0.1) is 0 Å². The number of ether oxygens (including phenoxy) is 1. The van der Waals surface area contributed by atoms with E-state index in [-0.39, 0.29) is 23.1 Å². The Labute approximate surface area is 689 Å². The van der Waals surface area contributed by atoms with Crippen LogP contribution in [0.1, 0.15) is 34.2 Å². The molecule has 10 N–H and O–H groups in total. The Bertz CT molecular complexity index is 7070. The quantitative estimate of drug-likeness (QED) is 0.0204. The number of hydrogen-bond donors (Lipinski definition) is 9. The number of imidazole rings is 4. The zero-order chi connectivity index (χ0) is 82.0. The van der Waals surface area contributed by atoms with E-state index in [9.17, 15) is 23.7 Å². The molecule has 0 aliphatic carbocycles. The fraction of sp³-hybridized carbons (Fsp3) is 0.0510. The van der Waals surface area contributed by atoms with Gasteiger partial charge in [-0.05, 0) is 143 Å². The number of carbonyl (C=O) groups is 1. The van der Waals surface area contributed by atoms with E-state index >= 15 is 0 Å². The highest BCUT2D eigenvalue weighted by atomic mass is 79.9. The summed E-state index contributed by atoms with van der Waals surface area (Å²) in [5.74, 6) is 3.24. The second-order valence-corrected chi connectivity index (χ2v) is 29.7. The minimum absolute atomic E-state index is 0.0151. The van der Waals surface area contributed by atoms with Gasteiger partial charge in [0.1, 0.15) is 40.7 Å². The second kappa shape index (κ2) is 32.9. The fourth-order valence-electron chi connectivity index (χ4n) is 15.1. The molecule has 0 atom stereocenters. The van der Waals surface area contributed by atoms with Crippen LogP contribution in [0.15, 0.2) is 308 Å². The number of halogens is 3. The number of nitrogens with two attached hydrogens (primary N) is 1. The lowest BCUT2D eigenvalue weighted by molar-refractivity contribution is -0.384. The first-order chi connectivity index (χ1) is 57.9. The van der Waals surface area contributed by atoms with Gasteiger partial charge in [0.2, 0.25) is 0 Å². The minimum Gasteiger partial charge on any atom is -0.497 e. The summed E-state index contributed by atoms with van der Waals surface area (Å²) >= 11 is 3.58. The van der Waals surface area contributed by atoms with Crippen LogP contribution in [-0.4, -0.2) is 77.6 Å². The van der Waals surface area contributed by atoms with Crippen molar-refractivity contribution in [2.75, 3.05) is 12.8 Å². The number of Topliss-reactive ketones (excluding diaryl/α,β-unsaturated/α-hetero) is 1. The first-order valence-corrected chi connectivity index (χ1v) is 39.1. The Morgan fingerprint density at radius 2 is 0.840 bits per heavy atom. The highest BCUT2D eigenvalue weighted by Crippen LogP contribution is 2.43. The number of aryl methyl sites for hydroxylation is 3. The van der Waals surface area contributed by atoms with Gasteiger partial charge in [-0.3, -0.25) is 14.9 Å². The van der Waals surface area contributed by atoms with Crippen molar-refractivity contribution < 1.29 is 23.2 Å². The van der Waals surface area contributed by atoms with Gasteiger partial charge in [-0.25, -0.2) is 28.7 Å². The molecule has 0 spiro atoms. The van der Waals surface area contributed by atoms with E-state index in [4.69, 9.17) is 30.4 Å². The molecule has 0 unspecified atom stereocenters. The smallest absolute Gasteiger partial charge is 0.270 e. The van der Waals surface area contributed by atoms with Crippen LogP contribution in [-0.2, 0) is 0 Å². The summed E-state index contributed by atoms with van der Waals surface area (Å²) in [5, 5.41) is 15.2. The molecule has 582 valence electrons. The summed E-state index contributed by atoms with van der Waals surface area (Å²) in [6.07, 6.45) is 3.95. The van der Waals surface area contributed by atoms with Crippen LogP contribution in [0.4, 0.5) is 20.2 Å². The molecule has 20 aromatic rings. The number of benzene rings is 12. The van der Waals surface area contributed by atoms with Crippen molar-refractivity contribution in [3.63, 3.8) is 0 Å². The molecule has 0 saturated heterocycles. The normalized spacial score (nSPS) is 11.2. The number of methoxy groups -OCH3 is 1. The highest BCUT2D eigenvalue weighted by Gasteiger charge is 2.25. The lowest BCUT2D eigenvalue weighted by Crippen LogP contribution is -1.90. The van der Waals surface area contributed by atoms with Crippen molar-refractivity contribution in [2.24, 2.45) is 0 Å². The molecule has 0 saturated carbocycles. The number of fused-ring (bicyclic) bond motifs is 4. The molecule has 21 heteroatoms. The summed E-state index contributed by atoms with van der Waals surface area (Å²) < 4.78 is 33.5. The number of anilines is 1. The first kappa shape index (κ1) is 76.3. The summed E-state index contributed by atoms with van der Waals surface area (Å²) in [5.41, 5.74) is 32.8. The van der Waals surface area contributed by atoms with Gasteiger partial charge in [0.15, 0.2) is 5.78 Å². The molecule has 0 bridgehead atoms. The maximum absolute atomic E-state index is 13.5. The molecule has 119 heavy (non-hydrogen) atoms. The Balaban J connectivity index is 0.000000113. The molecule has 20 rings (SSSR count). The van der Waals surface area contributed by atoms with Crippen molar-refractivity contribution in [1.29, 1.82) is 0 Å². The minimum atomic E-state index is -0.410. The van der Waals surface area contributed by atoms with Crippen LogP contribution in [0.25, 0.3) is 179 Å². The summed E-state index contributed by atoms with van der Waals surface area (Å²) in [4.78, 5) is 69.7. The van der Waals surface area contributed by atoms with Gasteiger partial charge in [0.05, 0.1) is 57.6 Å². The topological polar surface area (TPSA) is 273 Å². The molecular formula is C98H75BrF2N14O4. The number of aromatic nitrogens is 12. The molecule has 18 nitrogen and oxygen atoms in total. The zero-order valence-electron chi connectivity index (χ0n) is 64.9. The lowest BCUT2D eigenvalue weighted by Gasteiger charge is -2.06. The van der Waals surface area contributed by atoms with Crippen LogP contribution in [0.5, 0.6) is 5.75 Å². The van der Waals surface area contributed by atoms with Gasteiger partial charge in [0, 0.05) is 162 Å². The molecule has 8 aromatic heterocycles. The van der Waals surface area contributed by atoms with Gasteiger partial charge < -0.3 is 50.3 Å². The van der Waals surface area contributed by atoms with E-state index in [0.29, 0.717) is 22.5 Å². The van der Waals surface area contributed by atoms with Gasteiger partial charge >= 0.3 is 0 Å². The number of nitrogens with zero attached hydrogens (tertiary/aromatic N) is 5. The second-order valence-electron chi connectivity index (χ2n) is 28.8. The van der Waals surface area contributed by atoms with Crippen molar-refractivity contribution >= 4 is 76.7 Å². The average molecular weight is 1630 g/mol. The molecule has 8 heterocycles. The highest BCUT2D eigenvalue weighted by molar-refractivity contribution is 9.10. The van der Waals surface area contributed by atoms with Crippen molar-refractivity contribution in [3.8, 4) is 141 Å². The Morgan fingerprint density at radius 1 is 0.403 bits per heavy atom. The average Bonchev–Trinajstić information content (AvgIpc) is 1.63. The Kier molecular flexibility index (Phi) is 21.1.